The average molecular weight is 547 g/mol. The van der Waals surface area contributed by atoms with Crippen LogP contribution in [0.25, 0.3) is 0 Å². The zero-order chi connectivity index (χ0) is 28.3. The number of allylic oxidation sites excluding steroid dienone is 1. The van der Waals surface area contributed by atoms with Gasteiger partial charge in [0.1, 0.15) is 5.60 Å². The Kier molecular flexibility index (Phi) is 10.3. The van der Waals surface area contributed by atoms with Crippen molar-refractivity contribution in [2.75, 3.05) is 6.61 Å². The quantitative estimate of drug-likeness (QED) is 0.130. The van der Waals surface area contributed by atoms with Gasteiger partial charge < -0.3 is 20.1 Å². The van der Waals surface area contributed by atoms with E-state index in [0.29, 0.717) is 24.7 Å². The molecule has 5 heteroatoms. The Morgan fingerprint density at radius 1 is 1.00 bits per heavy atom. The Hall–Kier alpha value is -0.910. The number of aliphatic hydroxyl groups excluding tert-OH is 2. The summed E-state index contributed by atoms with van der Waals surface area (Å²) in [4.78, 5) is 12.5. The van der Waals surface area contributed by atoms with Gasteiger partial charge in [-0.25, -0.2) is 0 Å². The van der Waals surface area contributed by atoms with E-state index in [9.17, 15) is 20.1 Å². The molecule has 4 aliphatic rings. The van der Waals surface area contributed by atoms with Crippen LogP contribution in [0.3, 0.4) is 0 Å². The van der Waals surface area contributed by atoms with E-state index in [4.69, 9.17) is 4.74 Å². The maximum atomic E-state index is 12.5. The van der Waals surface area contributed by atoms with Crippen LogP contribution < -0.4 is 0 Å². The first-order chi connectivity index (χ1) is 18.6. The van der Waals surface area contributed by atoms with Gasteiger partial charge in [0.25, 0.3) is 0 Å². The van der Waals surface area contributed by atoms with Gasteiger partial charge in [0, 0.05) is 17.8 Å². The SMILES string of the molecule is CCCCCCCCCCCC(=O)OC[C@@H](C)[C@@]1(O)[C@@H](O)C[C@H]2[C@@H]3CC=C4C[C@@H](O)CC[C@]4(C)[C@H]3CC[C@@]21C. The maximum Gasteiger partial charge on any atom is 0.305 e. The topological polar surface area (TPSA) is 87.0 Å². The van der Waals surface area contributed by atoms with Crippen LogP contribution in [0.5, 0.6) is 0 Å². The highest BCUT2D eigenvalue weighted by molar-refractivity contribution is 5.69. The maximum absolute atomic E-state index is 12.5. The molecule has 0 saturated heterocycles. The number of fused-ring (bicyclic) bond motifs is 5. The molecule has 0 aromatic rings. The molecule has 0 heterocycles. The van der Waals surface area contributed by atoms with E-state index >= 15 is 0 Å². The average Bonchev–Trinajstić information content (AvgIpc) is 3.12. The number of carbonyl (C=O) groups is 1. The van der Waals surface area contributed by atoms with Gasteiger partial charge in [0.15, 0.2) is 0 Å². The van der Waals surface area contributed by atoms with Crippen molar-refractivity contribution >= 4 is 5.97 Å². The number of carbonyl (C=O) groups excluding carboxylic acids is 1. The number of hydrogen-bond donors (Lipinski definition) is 3. The van der Waals surface area contributed by atoms with Crippen molar-refractivity contribution in [2.45, 2.75) is 155 Å². The third-order valence-electron chi connectivity index (χ3n) is 12.1. The van der Waals surface area contributed by atoms with Crippen LogP contribution in [0.15, 0.2) is 11.6 Å². The number of esters is 1. The largest absolute Gasteiger partial charge is 0.465 e. The fraction of sp³-hybridized carbons (Fsp3) is 0.912. The fourth-order valence-electron chi connectivity index (χ4n) is 9.58. The molecule has 0 bridgehead atoms. The molecule has 4 rings (SSSR count). The molecule has 3 fully saturated rings. The minimum Gasteiger partial charge on any atom is -0.465 e. The van der Waals surface area contributed by atoms with Gasteiger partial charge in [-0.2, -0.15) is 0 Å². The molecule has 9 atom stereocenters. The predicted octanol–water partition coefficient (Wildman–Crippen LogP) is 7.11. The summed E-state index contributed by atoms with van der Waals surface area (Å²) in [5, 5.41) is 33.8. The summed E-state index contributed by atoms with van der Waals surface area (Å²) >= 11 is 0. The van der Waals surface area contributed by atoms with Crippen LogP contribution in [0.2, 0.25) is 0 Å². The molecule has 3 saturated carbocycles. The van der Waals surface area contributed by atoms with Crippen LogP contribution in [-0.2, 0) is 9.53 Å². The van der Waals surface area contributed by atoms with Crippen molar-refractivity contribution in [1.29, 1.82) is 0 Å². The number of rotatable bonds is 13. The first kappa shape index (κ1) is 31.0. The summed E-state index contributed by atoms with van der Waals surface area (Å²) in [5.41, 5.74) is -0.0845. The lowest BCUT2D eigenvalue weighted by Crippen LogP contribution is -2.60. The van der Waals surface area contributed by atoms with Crippen molar-refractivity contribution in [1.82, 2.24) is 0 Å². The number of ether oxygens (including phenoxy) is 1. The third-order valence-corrected chi connectivity index (χ3v) is 12.1. The number of aliphatic hydroxyl groups is 3. The molecule has 3 N–H and O–H groups in total. The summed E-state index contributed by atoms with van der Waals surface area (Å²) < 4.78 is 5.69. The van der Waals surface area contributed by atoms with E-state index in [1.165, 1.54) is 50.5 Å². The smallest absolute Gasteiger partial charge is 0.305 e. The zero-order valence-corrected chi connectivity index (χ0v) is 25.4. The summed E-state index contributed by atoms with van der Waals surface area (Å²) in [6.07, 6.45) is 19.0. The standard InChI is InChI=1S/C34H58O5/c1-5-6-7-8-9-10-11-12-13-14-31(37)39-23-24(2)34(38)30(36)22-29-27-16-15-25-21-26(35)17-19-32(25,3)28(27)18-20-33(29,34)4/h15,24,26-30,35-36,38H,5-14,16-23H2,1-4H3/t24-,26+,27-,28+,29+,30+,32+,33+,34-/m1/s1. The third kappa shape index (κ3) is 6.02. The van der Waals surface area contributed by atoms with E-state index in [-0.39, 0.29) is 35.9 Å². The molecule has 39 heavy (non-hydrogen) atoms. The first-order valence-corrected chi connectivity index (χ1v) is 16.5. The zero-order valence-electron chi connectivity index (χ0n) is 25.4. The second-order valence-corrected chi connectivity index (χ2v) is 14.4. The van der Waals surface area contributed by atoms with Gasteiger partial charge in [-0.05, 0) is 74.5 Å². The Bertz CT molecular complexity index is 855. The van der Waals surface area contributed by atoms with Gasteiger partial charge in [0.05, 0.1) is 18.8 Å². The Balaban J connectivity index is 1.29. The summed E-state index contributed by atoms with van der Waals surface area (Å²) in [7, 11) is 0. The van der Waals surface area contributed by atoms with Crippen LogP contribution in [-0.4, -0.2) is 45.7 Å². The van der Waals surface area contributed by atoms with Gasteiger partial charge >= 0.3 is 5.97 Å². The monoisotopic (exact) mass is 546 g/mol. The molecule has 5 nitrogen and oxygen atoms in total. The van der Waals surface area contributed by atoms with Gasteiger partial charge in [-0.3, -0.25) is 4.79 Å². The highest BCUT2D eigenvalue weighted by Gasteiger charge is 2.68. The van der Waals surface area contributed by atoms with Crippen LogP contribution in [0.4, 0.5) is 0 Å². The molecule has 0 aliphatic heterocycles. The Labute approximate surface area is 238 Å². The van der Waals surface area contributed by atoms with Crippen LogP contribution in [0, 0.1) is 34.5 Å². The van der Waals surface area contributed by atoms with Gasteiger partial charge in [-0.15, -0.1) is 0 Å². The highest BCUT2D eigenvalue weighted by atomic mass is 16.5. The fourth-order valence-corrected chi connectivity index (χ4v) is 9.58. The van der Waals surface area contributed by atoms with Crippen molar-refractivity contribution in [2.24, 2.45) is 34.5 Å². The van der Waals surface area contributed by atoms with Crippen molar-refractivity contribution in [3.05, 3.63) is 11.6 Å². The lowest BCUT2D eigenvalue weighted by molar-refractivity contribution is -0.191. The second-order valence-electron chi connectivity index (χ2n) is 14.4. The summed E-state index contributed by atoms with van der Waals surface area (Å²) in [6, 6.07) is 0. The molecule has 0 amide bonds. The Morgan fingerprint density at radius 3 is 2.36 bits per heavy atom. The Morgan fingerprint density at radius 2 is 1.67 bits per heavy atom. The van der Waals surface area contributed by atoms with Gasteiger partial charge in [-0.1, -0.05) is 90.7 Å². The minimum atomic E-state index is -1.26. The number of unbranched alkanes of at least 4 members (excludes halogenated alkanes) is 8. The molecule has 0 unspecified atom stereocenters. The molecule has 0 aromatic heterocycles. The molecule has 0 radical (unpaired) electrons. The lowest BCUT2D eigenvalue weighted by atomic mass is 9.46. The normalized spacial score (nSPS) is 40.3. The predicted molar refractivity (Wildman–Crippen MR) is 156 cm³/mol. The van der Waals surface area contributed by atoms with Crippen molar-refractivity contribution < 1.29 is 24.9 Å². The molecular formula is C34H58O5. The van der Waals surface area contributed by atoms with Crippen LogP contribution >= 0.6 is 0 Å². The summed E-state index contributed by atoms with van der Waals surface area (Å²) in [5.74, 6) is 0.739. The molecule has 4 aliphatic carbocycles. The lowest BCUT2D eigenvalue weighted by Gasteiger charge is -2.59. The highest BCUT2D eigenvalue weighted by Crippen LogP contribution is 2.68. The molecular weight excluding hydrogens is 488 g/mol. The van der Waals surface area contributed by atoms with E-state index < -0.39 is 17.1 Å². The van der Waals surface area contributed by atoms with E-state index in [1.54, 1.807) is 0 Å². The van der Waals surface area contributed by atoms with Crippen molar-refractivity contribution in [3.63, 3.8) is 0 Å². The van der Waals surface area contributed by atoms with Gasteiger partial charge in [0.2, 0.25) is 0 Å². The van der Waals surface area contributed by atoms with Crippen molar-refractivity contribution in [3.8, 4) is 0 Å². The molecule has 224 valence electrons. The van der Waals surface area contributed by atoms with Crippen LogP contribution in [0.1, 0.15) is 137 Å². The molecule has 0 aromatic carbocycles. The summed E-state index contributed by atoms with van der Waals surface area (Å²) in [6.45, 7) is 8.96. The van der Waals surface area contributed by atoms with E-state index in [2.05, 4.69) is 26.8 Å². The van der Waals surface area contributed by atoms with E-state index in [0.717, 1.165) is 51.4 Å². The minimum absolute atomic E-state index is 0.130. The first-order valence-electron chi connectivity index (χ1n) is 16.5. The number of hydrogen-bond acceptors (Lipinski definition) is 5. The van der Waals surface area contributed by atoms with E-state index in [1.807, 2.05) is 6.92 Å². The second kappa shape index (κ2) is 12.9. The molecule has 0 spiro atoms.